The molecule has 0 aliphatic carbocycles. The molecule has 0 fully saturated rings. The summed E-state index contributed by atoms with van der Waals surface area (Å²) in [6.45, 7) is 5.97. The summed E-state index contributed by atoms with van der Waals surface area (Å²) in [5, 5.41) is 4.41. The summed E-state index contributed by atoms with van der Waals surface area (Å²) < 4.78 is 7.41. The summed E-state index contributed by atoms with van der Waals surface area (Å²) in [5.74, 6) is 0.414. The third kappa shape index (κ3) is 2.66. The van der Waals surface area contributed by atoms with Crippen LogP contribution in [0.5, 0.6) is 0 Å². The Balaban J connectivity index is 1.79. The molecule has 1 aliphatic rings. The molecular weight excluding hydrogens is 270 g/mol. The number of methoxy groups -OCH3 is 1. The largest absolute Gasteiger partial charge is 0.384 e. The second-order valence-electron chi connectivity index (χ2n) is 5.51. The molecule has 0 radical (unpaired) electrons. The lowest BCUT2D eigenvalue weighted by Crippen LogP contribution is -2.35. The third-order valence-electron chi connectivity index (χ3n) is 3.87. The minimum absolute atomic E-state index is 0.414. The second-order valence-corrected chi connectivity index (χ2v) is 6.89. The molecule has 5 heteroatoms. The molecule has 1 aliphatic heterocycles. The van der Waals surface area contributed by atoms with E-state index in [-0.39, 0.29) is 0 Å². The van der Waals surface area contributed by atoms with Gasteiger partial charge in [-0.2, -0.15) is 5.10 Å². The number of hydrogen-bond acceptors (Lipinski definition) is 4. The molecule has 1 atom stereocenters. The van der Waals surface area contributed by atoms with Crippen molar-refractivity contribution in [2.45, 2.75) is 25.9 Å². The molecule has 3 rings (SSSR count). The Bertz CT molecular complexity index is 590. The number of aryl methyl sites for hydroxylation is 2. The van der Waals surface area contributed by atoms with Crippen molar-refractivity contribution in [3.63, 3.8) is 0 Å². The molecule has 20 heavy (non-hydrogen) atoms. The zero-order valence-corrected chi connectivity index (χ0v) is 13.1. The van der Waals surface area contributed by atoms with Crippen LogP contribution in [0.1, 0.15) is 26.9 Å². The number of thiophene rings is 1. The lowest BCUT2D eigenvalue weighted by molar-refractivity contribution is 0.133. The summed E-state index contributed by atoms with van der Waals surface area (Å²) in [4.78, 5) is 5.32. The van der Waals surface area contributed by atoms with Gasteiger partial charge < -0.3 is 4.74 Å². The summed E-state index contributed by atoms with van der Waals surface area (Å²) in [6.07, 6.45) is 2.00. The monoisotopic (exact) mass is 291 g/mol. The van der Waals surface area contributed by atoms with E-state index in [1.54, 1.807) is 7.11 Å². The highest BCUT2D eigenvalue weighted by molar-refractivity contribution is 7.11. The van der Waals surface area contributed by atoms with E-state index >= 15 is 0 Å². The van der Waals surface area contributed by atoms with Crippen molar-refractivity contribution >= 4 is 11.3 Å². The van der Waals surface area contributed by atoms with E-state index in [1.807, 2.05) is 29.3 Å². The standard InChI is InChI=1S/C15H21N3OS/c1-11-4-5-14(20-11)9-18-7-12-6-16-17(2)15(12)13(8-18)10-19-3/h4-6,13H,7-10H2,1-3H3/t13-/m1/s1. The smallest absolute Gasteiger partial charge is 0.0558 e. The minimum atomic E-state index is 0.414. The Kier molecular flexibility index (Phi) is 3.92. The van der Waals surface area contributed by atoms with E-state index in [0.29, 0.717) is 5.92 Å². The fourth-order valence-electron chi connectivity index (χ4n) is 3.09. The van der Waals surface area contributed by atoms with E-state index in [0.717, 1.165) is 26.2 Å². The molecule has 108 valence electrons. The van der Waals surface area contributed by atoms with Crippen LogP contribution in [0.25, 0.3) is 0 Å². The van der Waals surface area contributed by atoms with Crippen LogP contribution in [0.2, 0.25) is 0 Å². The lowest BCUT2D eigenvalue weighted by Gasteiger charge is -2.32. The molecule has 4 nitrogen and oxygen atoms in total. The second kappa shape index (κ2) is 5.68. The average molecular weight is 291 g/mol. The normalized spacial score (nSPS) is 19.2. The highest BCUT2D eigenvalue weighted by Crippen LogP contribution is 2.29. The van der Waals surface area contributed by atoms with Crippen LogP contribution < -0.4 is 0 Å². The summed E-state index contributed by atoms with van der Waals surface area (Å²) in [5.41, 5.74) is 2.68. The van der Waals surface area contributed by atoms with Crippen LogP contribution in [0.4, 0.5) is 0 Å². The van der Waals surface area contributed by atoms with Crippen LogP contribution in [-0.2, 0) is 24.9 Å². The van der Waals surface area contributed by atoms with E-state index in [9.17, 15) is 0 Å². The van der Waals surface area contributed by atoms with Crippen LogP contribution in [0.15, 0.2) is 18.3 Å². The molecule has 0 saturated carbocycles. The van der Waals surface area contributed by atoms with Gasteiger partial charge >= 0.3 is 0 Å². The number of ether oxygens (including phenoxy) is 1. The van der Waals surface area contributed by atoms with Gasteiger partial charge in [0, 0.05) is 60.7 Å². The van der Waals surface area contributed by atoms with E-state index in [2.05, 4.69) is 29.1 Å². The molecule has 0 saturated heterocycles. The molecule has 0 unspecified atom stereocenters. The molecule has 2 aromatic rings. The number of hydrogen-bond donors (Lipinski definition) is 0. The zero-order valence-electron chi connectivity index (χ0n) is 12.3. The van der Waals surface area contributed by atoms with Crippen molar-refractivity contribution in [1.29, 1.82) is 0 Å². The number of rotatable bonds is 4. The van der Waals surface area contributed by atoms with Crippen molar-refractivity contribution in [2.24, 2.45) is 7.05 Å². The molecule has 0 aromatic carbocycles. The molecular formula is C15H21N3OS. The number of aromatic nitrogens is 2. The Morgan fingerprint density at radius 1 is 1.45 bits per heavy atom. The zero-order chi connectivity index (χ0) is 14.1. The molecule has 2 aromatic heterocycles. The van der Waals surface area contributed by atoms with Gasteiger partial charge in [-0.15, -0.1) is 11.3 Å². The maximum absolute atomic E-state index is 5.40. The Labute approximate surface area is 124 Å². The number of fused-ring (bicyclic) bond motifs is 1. The molecule has 0 N–H and O–H groups in total. The molecule has 0 amide bonds. The van der Waals surface area contributed by atoms with Crippen molar-refractivity contribution < 1.29 is 4.74 Å². The van der Waals surface area contributed by atoms with Gasteiger partial charge in [-0.3, -0.25) is 9.58 Å². The first-order valence-electron chi connectivity index (χ1n) is 6.94. The van der Waals surface area contributed by atoms with E-state index in [1.165, 1.54) is 21.0 Å². The van der Waals surface area contributed by atoms with Gasteiger partial charge in [0.25, 0.3) is 0 Å². The van der Waals surface area contributed by atoms with Crippen molar-refractivity contribution in [1.82, 2.24) is 14.7 Å². The Morgan fingerprint density at radius 2 is 2.30 bits per heavy atom. The predicted octanol–water partition coefficient (Wildman–Crippen LogP) is 2.54. The van der Waals surface area contributed by atoms with Crippen molar-refractivity contribution in [3.05, 3.63) is 39.3 Å². The number of nitrogens with zero attached hydrogens (tertiary/aromatic N) is 3. The van der Waals surface area contributed by atoms with E-state index < -0.39 is 0 Å². The Hall–Kier alpha value is -1.17. The molecule has 3 heterocycles. The average Bonchev–Trinajstić information content (AvgIpc) is 2.97. The van der Waals surface area contributed by atoms with Crippen molar-refractivity contribution in [3.8, 4) is 0 Å². The van der Waals surface area contributed by atoms with Crippen molar-refractivity contribution in [2.75, 3.05) is 20.3 Å². The van der Waals surface area contributed by atoms with Crippen LogP contribution in [0, 0.1) is 6.92 Å². The summed E-state index contributed by atoms with van der Waals surface area (Å²) in [7, 11) is 3.80. The van der Waals surface area contributed by atoms with Crippen LogP contribution in [0.3, 0.4) is 0 Å². The molecule has 0 spiro atoms. The summed E-state index contributed by atoms with van der Waals surface area (Å²) >= 11 is 1.89. The van der Waals surface area contributed by atoms with Gasteiger partial charge in [-0.05, 0) is 19.1 Å². The SMILES string of the molecule is COC[C@H]1CN(Cc2ccc(C)s2)Cc2cnn(C)c21. The fourth-order valence-corrected chi connectivity index (χ4v) is 4.02. The Morgan fingerprint density at radius 3 is 3.00 bits per heavy atom. The lowest BCUT2D eigenvalue weighted by atomic mass is 9.97. The topological polar surface area (TPSA) is 30.3 Å². The summed E-state index contributed by atoms with van der Waals surface area (Å²) in [6, 6.07) is 4.44. The maximum Gasteiger partial charge on any atom is 0.0558 e. The maximum atomic E-state index is 5.40. The van der Waals surface area contributed by atoms with Crippen LogP contribution >= 0.6 is 11.3 Å². The first-order chi connectivity index (χ1) is 9.67. The highest BCUT2D eigenvalue weighted by atomic mass is 32.1. The van der Waals surface area contributed by atoms with E-state index in [4.69, 9.17) is 4.74 Å². The minimum Gasteiger partial charge on any atom is -0.384 e. The van der Waals surface area contributed by atoms with Gasteiger partial charge in [0.15, 0.2) is 0 Å². The fraction of sp³-hybridized carbons (Fsp3) is 0.533. The first-order valence-corrected chi connectivity index (χ1v) is 7.76. The predicted molar refractivity (Wildman–Crippen MR) is 81.0 cm³/mol. The van der Waals surface area contributed by atoms with Gasteiger partial charge in [0.2, 0.25) is 0 Å². The van der Waals surface area contributed by atoms with Gasteiger partial charge in [-0.1, -0.05) is 0 Å². The van der Waals surface area contributed by atoms with Gasteiger partial charge in [0.05, 0.1) is 12.8 Å². The van der Waals surface area contributed by atoms with Gasteiger partial charge in [0.1, 0.15) is 0 Å². The first kappa shape index (κ1) is 13.8. The quantitative estimate of drug-likeness (QED) is 0.867. The van der Waals surface area contributed by atoms with Crippen LogP contribution in [-0.4, -0.2) is 34.9 Å². The third-order valence-corrected chi connectivity index (χ3v) is 4.85. The van der Waals surface area contributed by atoms with Gasteiger partial charge in [-0.25, -0.2) is 0 Å². The highest BCUT2D eigenvalue weighted by Gasteiger charge is 2.28. The molecule has 0 bridgehead atoms.